The topological polar surface area (TPSA) is 79.0 Å². The fourth-order valence-electron chi connectivity index (χ4n) is 6.94. The van der Waals surface area contributed by atoms with Gasteiger partial charge in [-0.15, -0.1) is 0 Å². The Morgan fingerprint density at radius 2 is 1.33 bits per heavy atom. The highest BCUT2D eigenvalue weighted by Crippen LogP contribution is 2.50. The molecule has 0 unspecified atom stereocenters. The monoisotopic (exact) mass is 597 g/mol. The Labute approximate surface area is 263 Å². The van der Waals surface area contributed by atoms with Crippen LogP contribution in [-0.4, -0.2) is 37.0 Å². The van der Waals surface area contributed by atoms with Gasteiger partial charge in [-0.25, -0.2) is 9.69 Å². The minimum Gasteiger partial charge on any atom is -0.491 e. The van der Waals surface area contributed by atoms with E-state index < -0.39 is 17.8 Å². The van der Waals surface area contributed by atoms with Crippen LogP contribution < -0.4 is 19.9 Å². The number of ether oxygens (including phenoxy) is 1. The van der Waals surface area contributed by atoms with Crippen molar-refractivity contribution in [1.29, 1.82) is 0 Å². The van der Waals surface area contributed by atoms with E-state index in [1.165, 1.54) is 22.9 Å². The molecule has 0 saturated carbocycles. The zero-order chi connectivity index (χ0) is 31.1. The number of hydrogen-bond donors (Lipinski definition) is 1. The van der Waals surface area contributed by atoms with Gasteiger partial charge in [-0.2, -0.15) is 0 Å². The smallest absolute Gasteiger partial charge is 0.335 e. The van der Waals surface area contributed by atoms with Crippen molar-refractivity contribution in [3.05, 3.63) is 130 Å². The molecule has 226 valence electrons. The number of barbiturate groups is 1. The van der Waals surface area contributed by atoms with E-state index in [0.29, 0.717) is 17.0 Å². The third kappa shape index (κ3) is 5.39. The van der Waals surface area contributed by atoms with Crippen molar-refractivity contribution >= 4 is 35.3 Å². The summed E-state index contributed by atoms with van der Waals surface area (Å²) in [5.41, 5.74) is 6.83. The van der Waals surface area contributed by atoms with Crippen molar-refractivity contribution in [1.82, 2.24) is 5.32 Å². The van der Waals surface area contributed by atoms with Gasteiger partial charge >= 0.3 is 6.03 Å². The van der Waals surface area contributed by atoms with E-state index in [1.54, 1.807) is 24.3 Å². The molecule has 1 N–H and O–H groups in total. The molecule has 7 nitrogen and oxygen atoms in total. The van der Waals surface area contributed by atoms with Gasteiger partial charge in [-0.05, 0) is 84.8 Å². The van der Waals surface area contributed by atoms with Gasteiger partial charge in [-0.3, -0.25) is 14.9 Å². The van der Waals surface area contributed by atoms with Crippen LogP contribution in [0.4, 0.5) is 16.2 Å². The number of urea groups is 1. The van der Waals surface area contributed by atoms with Crippen LogP contribution in [0.1, 0.15) is 66.3 Å². The molecule has 45 heavy (non-hydrogen) atoms. The van der Waals surface area contributed by atoms with Gasteiger partial charge in [0.25, 0.3) is 11.8 Å². The number of rotatable bonds is 6. The molecule has 4 amide bonds. The Hall–Kier alpha value is -5.17. The Balaban J connectivity index is 1.34. The summed E-state index contributed by atoms with van der Waals surface area (Å²) < 4.78 is 5.73. The lowest BCUT2D eigenvalue weighted by Gasteiger charge is -2.44. The van der Waals surface area contributed by atoms with Crippen LogP contribution in [0.2, 0.25) is 0 Å². The standard InChI is InChI=1S/C38H35N3O4/c1-24(2)45-29-15-13-25(14-16-29)21-34-36(42)39-38(44)41(37(34)43)28-22-32-30(26-9-5-3-6-10-26)17-19-40-20-18-31(33(23-28)35(32)40)27-11-7-4-8-12-27/h3-16,21-24,30-31H,17-20H2,1-2H3,(H,39,42,44)/b34-21+/t30-,31-/m1/s1. The molecule has 3 heterocycles. The van der Waals surface area contributed by atoms with Gasteiger partial charge < -0.3 is 9.64 Å². The summed E-state index contributed by atoms with van der Waals surface area (Å²) in [7, 11) is 0. The van der Waals surface area contributed by atoms with E-state index in [9.17, 15) is 14.4 Å². The van der Waals surface area contributed by atoms with Crippen molar-refractivity contribution in [2.45, 2.75) is 44.6 Å². The number of anilines is 2. The maximum Gasteiger partial charge on any atom is 0.335 e. The lowest BCUT2D eigenvalue weighted by atomic mass is 9.76. The van der Waals surface area contributed by atoms with E-state index in [2.05, 4.69) is 58.7 Å². The third-order valence-electron chi connectivity index (χ3n) is 8.92. The molecule has 7 heteroatoms. The summed E-state index contributed by atoms with van der Waals surface area (Å²) in [6.07, 6.45) is 3.41. The summed E-state index contributed by atoms with van der Waals surface area (Å²) in [5, 5.41) is 2.42. The van der Waals surface area contributed by atoms with Crippen LogP contribution in [0.25, 0.3) is 6.08 Å². The molecule has 7 rings (SSSR count). The van der Waals surface area contributed by atoms with Gasteiger partial charge in [0.2, 0.25) is 0 Å². The summed E-state index contributed by atoms with van der Waals surface area (Å²) in [4.78, 5) is 44.1. The molecule has 0 spiro atoms. The third-order valence-corrected chi connectivity index (χ3v) is 8.92. The first-order chi connectivity index (χ1) is 21.9. The van der Waals surface area contributed by atoms with Gasteiger partial charge in [0.05, 0.1) is 11.8 Å². The SMILES string of the molecule is CC(C)Oc1ccc(/C=C2\C(=O)NC(=O)N(c3cc4c5c(c3)[C@@H](c3ccccc3)CCN5CC[C@@H]4c3ccccc3)C2=O)cc1. The van der Waals surface area contributed by atoms with E-state index in [1.807, 2.05) is 38.1 Å². The number of carbonyl (C=O) groups excluding carboxylic acids is 3. The summed E-state index contributed by atoms with van der Waals surface area (Å²) in [6.45, 7) is 5.77. The molecule has 3 aliphatic heterocycles. The predicted molar refractivity (Wildman–Crippen MR) is 176 cm³/mol. The maximum atomic E-state index is 14.1. The van der Waals surface area contributed by atoms with Gasteiger partial charge in [0.1, 0.15) is 11.3 Å². The number of amides is 4. The normalized spacial score (nSPS) is 20.3. The predicted octanol–water partition coefficient (Wildman–Crippen LogP) is 7.02. The van der Waals surface area contributed by atoms with E-state index >= 15 is 0 Å². The first kappa shape index (κ1) is 28.6. The zero-order valence-electron chi connectivity index (χ0n) is 25.4. The van der Waals surface area contributed by atoms with Crippen molar-refractivity contribution in [2.24, 2.45) is 0 Å². The Morgan fingerprint density at radius 3 is 1.87 bits per heavy atom. The van der Waals surface area contributed by atoms with Crippen LogP contribution in [0.5, 0.6) is 5.75 Å². The second-order valence-electron chi connectivity index (χ2n) is 12.2. The number of hydrogen-bond acceptors (Lipinski definition) is 5. The second kappa shape index (κ2) is 11.7. The molecular formula is C38H35N3O4. The fraction of sp³-hybridized carbons (Fsp3) is 0.237. The number of benzene rings is 4. The summed E-state index contributed by atoms with van der Waals surface area (Å²) >= 11 is 0. The molecule has 2 atom stereocenters. The van der Waals surface area contributed by atoms with E-state index in [0.717, 1.165) is 42.0 Å². The lowest BCUT2D eigenvalue weighted by molar-refractivity contribution is -0.122. The summed E-state index contributed by atoms with van der Waals surface area (Å²) in [5.74, 6) is -0.442. The van der Waals surface area contributed by atoms with Gasteiger partial charge in [0.15, 0.2) is 0 Å². The quantitative estimate of drug-likeness (QED) is 0.191. The number of imide groups is 2. The Bertz CT molecular complexity index is 1730. The second-order valence-corrected chi connectivity index (χ2v) is 12.2. The largest absolute Gasteiger partial charge is 0.491 e. The molecule has 4 aromatic rings. The Morgan fingerprint density at radius 1 is 0.778 bits per heavy atom. The molecule has 0 radical (unpaired) electrons. The molecule has 1 fully saturated rings. The number of nitrogens with zero attached hydrogens (tertiary/aromatic N) is 2. The van der Waals surface area contributed by atoms with Crippen LogP contribution in [0.3, 0.4) is 0 Å². The zero-order valence-corrected chi connectivity index (χ0v) is 25.4. The maximum absolute atomic E-state index is 14.1. The first-order valence-electron chi connectivity index (χ1n) is 15.6. The summed E-state index contributed by atoms with van der Waals surface area (Å²) in [6, 6.07) is 31.2. The van der Waals surface area contributed by atoms with Crippen LogP contribution in [0, 0.1) is 0 Å². The van der Waals surface area contributed by atoms with Gasteiger partial charge in [0, 0.05) is 30.6 Å². The number of nitrogens with one attached hydrogen (secondary N) is 1. The molecule has 4 aromatic carbocycles. The molecule has 1 saturated heterocycles. The molecule has 3 aliphatic rings. The Kier molecular flexibility index (Phi) is 7.45. The van der Waals surface area contributed by atoms with E-state index in [4.69, 9.17) is 4.74 Å². The molecular weight excluding hydrogens is 562 g/mol. The average Bonchev–Trinajstić information content (AvgIpc) is 3.04. The average molecular weight is 598 g/mol. The van der Waals surface area contributed by atoms with Crippen LogP contribution >= 0.6 is 0 Å². The van der Waals surface area contributed by atoms with Gasteiger partial charge in [-0.1, -0.05) is 72.8 Å². The van der Waals surface area contributed by atoms with Crippen LogP contribution in [-0.2, 0) is 9.59 Å². The first-order valence-corrected chi connectivity index (χ1v) is 15.6. The number of carbonyl (C=O) groups is 3. The highest BCUT2D eigenvalue weighted by molar-refractivity contribution is 6.39. The minimum absolute atomic E-state index is 0.0244. The van der Waals surface area contributed by atoms with E-state index in [-0.39, 0.29) is 23.5 Å². The van der Waals surface area contributed by atoms with Crippen molar-refractivity contribution in [3.8, 4) is 5.75 Å². The molecule has 0 aliphatic carbocycles. The van der Waals surface area contributed by atoms with Crippen molar-refractivity contribution in [2.75, 3.05) is 22.9 Å². The fourth-order valence-corrected chi connectivity index (χ4v) is 6.94. The van der Waals surface area contributed by atoms with Crippen molar-refractivity contribution in [3.63, 3.8) is 0 Å². The highest BCUT2D eigenvalue weighted by atomic mass is 16.5. The molecule has 0 aromatic heterocycles. The minimum atomic E-state index is -0.744. The van der Waals surface area contributed by atoms with Crippen molar-refractivity contribution < 1.29 is 19.1 Å². The molecule has 0 bridgehead atoms. The van der Waals surface area contributed by atoms with Crippen LogP contribution in [0.15, 0.2) is 103 Å². The highest BCUT2D eigenvalue weighted by Gasteiger charge is 2.40. The lowest BCUT2D eigenvalue weighted by Crippen LogP contribution is -2.54.